The van der Waals surface area contributed by atoms with Crippen molar-refractivity contribution >= 4 is 21.9 Å². The van der Waals surface area contributed by atoms with Gasteiger partial charge in [-0.1, -0.05) is 65.8 Å². The first kappa shape index (κ1) is 34.8. The number of hydrogen-bond donors (Lipinski definition) is 1. The van der Waals surface area contributed by atoms with E-state index in [1.165, 1.54) is 12.1 Å². The summed E-state index contributed by atoms with van der Waals surface area (Å²) in [6.45, 7) is 17.2. The molecule has 1 aliphatic heterocycles. The van der Waals surface area contributed by atoms with Crippen LogP contribution in [0.3, 0.4) is 0 Å². The zero-order valence-electron chi connectivity index (χ0n) is 29.0. The van der Waals surface area contributed by atoms with Crippen LogP contribution in [0.2, 0.25) is 0 Å². The fraction of sp³-hybridized carbons (Fsp3) is 0.405. The molecule has 48 heavy (non-hydrogen) atoms. The van der Waals surface area contributed by atoms with Crippen molar-refractivity contribution in [3.05, 3.63) is 89.2 Å². The van der Waals surface area contributed by atoms with Gasteiger partial charge in [0, 0.05) is 23.4 Å². The summed E-state index contributed by atoms with van der Waals surface area (Å²) in [5.41, 5.74) is 3.83. The second-order valence-corrected chi connectivity index (χ2v) is 16.5. The van der Waals surface area contributed by atoms with E-state index in [0.29, 0.717) is 30.2 Å². The SMILES string of the molecule is Cc1cccc(C)c1-c1cc2nc(n1)NS(=O)(=O)c1cccc(c1)C(=O)N(Cc1ncccc1OCC(C)(C)C)[C@H](CC(C)(C)C)CO2. The number of carbonyl (C=O) groups excluding carboxylic acids is 1. The predicted molar refractivity (Wildman–Crippen MR) is 187 cm³/mol. The Morgan fingerprint density at radius 3 is 2.33 bits per heavy atom. The third-order valence-electron chi connectivity index (χ3n) is 7.86. The number of ether oxygens (including phenoxy) is 2. The van der Waals surface area contributed by atoms with Crippen molar-refractivity contribution in [3.63, 3.8) is 0 Å². The molecular weight excluding hydrogens is 627 g/mol. The molecule has 0 aliphatic carbocycles. The number of hydrogen-bond acceptors (Lipinski definition) is 8. The summed E-state index contributed by atoms with van der Waals surface area (Å²) in [7, 11) is -4.18. The molecule has 0 unspecified atom stereocenters. The first-order valence-corrected chi connectivity index (χ1v) is 17.6. The van der Waals surface area contributed by atoms with E-state index in [2.05, 4.69) is 61.2 Å². The van der Waals surface area contributed by atoms with Crippen molar-refractivity contribution in [1.82, 2.24) is 19.9 Å². The molecule has 0 radical (unpaired) electrons. The number of carbonyl (C=O) groups is 1. The van der Waals surface area contributed by atoms with Crippen molar-refractivity contribution in [2.45, 2.75) is 79.3 Å². The number of pyridine rings is 1. The highest BCUT2D eigenvalue weighted by molar-refractivity contribution is 7.92. The Morgan fingerprint density at radius 1 is 0.938 bits per heavy atom. The number of aryl methyl sites for hydroxylation is 2. The molecule has 1 atom stereocenters. The second-order valence-electron chi connectivity index (χ2n) is 14.8. The number of benzene rings is 2. The molecule has 1 amide bonds. The summed E-state index contributed by atoms with van der Waals surface area (Å²) in [5.74, 6) is 0.285. The van der Waals surface area contributed by atoms with Crippen LogP contribution in [0.4, 0.5) is 5.95 Å². The van der Waals surface area contributed by atoms with Gasteiger partial charge in [-0.25, -0.2) is 18.1 Å². The Bertz CT molecular complexity index is 1890. The van der Waals surface area contributed by atoms with Gasteiger partial charge in [0.15, 0.2) is 0 Å². The first-order valence-electron chi connectivity index (χ1n) is 16.1. The van der Waals surface area contributed by atoms with Gasteiger partial charge in [-0.15, -0.1) is 0 Å². The zero-order chi connectivity index (χ0) is 34.9. The number of aromatic nitrogens is 3. The zero-order valence-corrected chi connectivity index (χ0v) is 29.8. The molecule has 4 aromatic rings. The number of anilines is 1. The van der Waals surface area contributed by atoms with E-state index >= 15 is 0 Å². The standard InChI is InChI=1S/C37H45N5O5S/c1-24-12-9-13-25(2)33(24)29-19-32-40-35(39-29)41-48(44,45)28-15-10-14-26(18-28)34(43)42(27(22-46-32)20-36(3,4)5)21-30-31(16-11-17-38-30)47-23-37(6,7)8/h9-19,27H,20-23H2,1-8H3,(H,39,40,41)/t27-/m1/s1. The Hall–Kier alpha value is -4.51. The maximum absolute atomic E-state index is 14.5. The van der Waals surface area contributed by atoms with Gasteiger partial charge in [-0.05, 0) is 72.6 Å². The lowest BCUT2D eigenvalue weighted by molar-refractivity contribution is 0.0505. The molecule has 254 valence electrons. The molecule has 0 spiro atoms. The minimum Gasteiger partial charge on any atom is -0.491 e. The van der Waals surface area contributed by atoms with Crippen LogP contribution in [0.25, 0.3) is 11.3 Å². The highest BCUT2D eigenvalue weighted by Gasteiger charge is 2.32. The Morgan fingerprint density at radius 2 is 1.65 bits per heavy atom. The average molecular weight is 672 g/mol. The van der Waals surface area contributed by atoms with Gasteiger partial charge in [0.2, 0.25) is 11.8 Å². The lowest BCUT2D eigenvalue weighted by atomic mass is 9.87. The quantitative estimate of drug-likeness (QED) is 0.228. The van der Waals surface area contributed by atoms with Gasteiger partial charge >= 0.3 is 0 Å². The molecule has 0 fully saturated rings. The molecule has 1 aliphatic rings. The highest BCUT2D eigenvalue weighted by Crippen LogP contribution is 2.32. The van der Waals surface area contributed by atoms with E-state index in [4.69, 9.17) is 9.47 Å². The molecule has 3 heterocycles. The number of nitrogens with zero attached hydrogens (tertiary/aromatic N) is 4. The van der Waals surface area contributed by atoms with E-state index in [1.54, 1.807) is 35.4 Å². The van der Waals surface area contributed by atoms with E-state index in [9.17, 15) is 13.2 Å². The normalized spacial score (nSPS) is 16.5. The molecule has 1 N–H and O–H groups in total. The Kier molecular flexibility index (Phi) is 9.82. The number of nitrogens with one attached hydrogen (secondary N) is 1. The summed E-state index contributed by atoms with van der Waals surface area (Å²) in [4.78, 5) is 29.9. The topological polar surface area (TPSA) is 124 Å². The third kappa shape index (κ3) is 8.49. The largest absolute Gasteiger partial charge is 0.491 e. The van der Waals surface area contributed by atoms with Crippen LogP contribution in [-0.4, -0.2) is 53.4 Å². The maximum atomic E-state index is 14.5. The van der Waals surface area contributed by atoms with Gasteiger partial charge < -0.3 is 14.4 Å². The van der Waals surface area contributed by atoms with Gasteiger partial charge in [0.05, 0.1) is 29.8 Å². The van der Waals surface area contributed by atoms with Gasteiger partial charge in [0.1, 0.15) is 18.1 Å². The van der Waals surface area contributed by atoms with E-state index in [0.717, 1.165) is 16.7 Å². The van der Waals surface area contributed by atoms with Gasteiger partial charge in [0.25, 0.3) is 15.9 Å². The molecule has 0 saturated carbocycles. The van der Waals surface area contributed by atoms with Crippen molar-refractivity contribution < 1.29 is 22.7 Å². The summed E-state index contributed by atoms with van der Waals surface area (Å²) >= 11 is 0. The molecule has 2 aromatic carbocycles. The lowest BCUT2D eigenvalue weighted by Gasteiger charge is -2.36. The van der Waals surface area contributed by atoms with Gasteiger partial charge in [-0.3, -0.25) is 9.78 Å². The number of amides is 1. The first-order chi connectivity index (χ1) is 22.5. The van der Waals surface area contributed by atoms with E-state index in [1.807, 2.05) is 38.1 Å². The maximum Gasteiger partial charge on any atom is 0.264 e. The van der Waals surface area contributed by atoms with Crippen LogP contribution in [0.15, 0.2) is 71.8 Å². The van der Waals surface area contributed by atoms with Crippen molar-refractivity contribution in [2.24, 2.45) is 10.8 Å². The summed E-state index contributed by atoms with van der Waals surface area (Å²) < 4.78 is 42.5. The monoisotopic (exact) mass is 671 g/mol. The summed E-state index contributed by atoms with van der Waals surface area (Å²) in [6, 6.07) is 16.8. The number of sulfonamides is 1. The minimum absolute atomic E-state index is 0.0864. The van der Waals surface area contributed by atoms with E-state index in [-0.39, 0.29) is 52.2 Å². The van der Waals surface area contributed by atoms with Crippen molar-refractivity contribution in [1.29, 1.82) is 0 Å². The van der Waals surface area contributed by atoms with Crippen LogP contribution in [0.5, 0.6) is 11.6 Å². The van der Waals surface area contributed by atoms with Crippen LogP contribution in [0.1, 0.15) is 75.1 Å². The van der Waals surface area contributed by atoms with Gasteiger partial charge in [-0.2, -0.15) is 4.98 Å². The van der Waals surface area contributed by atoms with E-state index < -0.39 is 16.1 Å². The Labute approximate surface area is 284 Å². The van der Waals surface area contributed by atoms with Crippen LogP contribution < -0.4 is 14.2 Å². The van der Waals surface area contributed by atoms with Crippen molar-refractivity contribution in [2.75, 3.05) is 17.9 Å². The minimum atomic E-state index is -4.18. The summed E-state index contributed by atoms with van der Waals surface area (Å²) in [6.07, 6.45) is 2.25. The molecule has 11 heteroatoms. The molecule has 10 nitrogen and oxygen atoms in total. The van der Waals surface area contributed by atoms with Crippen LogP contribution in [0, 0.1) is 24.7 Å². The molecule has 0 saturated heterocycles. The predicted octanol–water partition coefficient (Wildman–Crippen LogP) is 7.22. The fourth-order valence-corrected chi connectivity index (χ4v) is 6.66. The van der Waals surface area contributed by atoms with Crippen molar-refractivity contribution in [3.8, 4) is 22.9 Å². The van der Waals surface area contributed by atoms with Crippen LogP contribution in [-0.2, 0) is 16.6 Å². The molecule has 4 bridgehead atoms. The number of fused-ring (bicyclic) bond motifs is 4. The fourth-order valence-electron chi connectivity index (χ4n) is 5.68. The Balaban J connectivity index is 1.66. The second kappa shape index (κ2) is 13.5. The highest BCUT2D eigenvalue weighted by atomic mass is 32.2. The smallest absolute Gasteiger partial charge is 0.264 e. The molecule has 2 aromatic heterocycles. The van der Waals surface area contributed by atoms with Crippen LogP contribution >= 0.6 is 0 Å². The number of rotatable bonds is 6. The lowest BCUT2D eigenvalue weighted by Crippen LogP contribution is -2.45. The molecule has 5 rings (SSSR count). The summed E-state index contributed by atoms with van der Waals surface area (Å²) in [5, 5.41) is 0. The average Bonchev–Trinajstić information content (AvgIpc) is 2.99. The third-order valence-corrected chi connectivity index (χ3v) is 9.19. The molecular formula is C37H45N5O5S.